The Labute approximate surface area is 155 Å². The van der Waals surface area contributed by atoms with Gasteiger partial charge in [-0.2, -0.15) is 0 Å². The molecule has 0 bridgehead atoms. The molecule has 0 amide bonds. The van der Waals surface area contributed by atoms with Crippen molar-refractivity contribution in [2.24, 2.45) is 0 Å². The summed E-state index contributed by atoms with van der Waals surface area (Å²) < 4.78 is 35.5. The summed E-state index contributed by atoms with van der Waals surface area (Å²) in [5.41, 5.74) is 2.03. The minimum atomic E-state index is -1.20. The molecule has 2 atom stereocenters. The molecule has 140 valence electrons. The van der Waals surface area contributed by atoms with Crippen LogP contribution in [0.15, 0.2) is 16.7 Å². The molecular formula is C19H24FN3O2S. The van der Waals surface area contributed by atoms with Gasteiger partial charge in [-0.3, -0.25) is 4.98 Å². The summed E-state index contributed by atoms with van der Waals surface area (Å²) in [7, 11) is -1.20. The Morgan fingerprint density at radius 3 is 2.77 bits per heavy atom. The van der Waals surface area contributed by atoms with Gasteiger partial charge < -0.3 is 4.42 Å². The molecule has 4 rings (SSSR count). The van der Waals surface area contributed by atoms with Gasteiger partial charge in [0.1, 0.15) is 11.5 Å². The highest BCUT2D eigenvalue weighted by atomic mass is 32.2. The molecular weight excluding hydrogens is 353 g/mol. The summed E-state index contributed by atoms with van der Waals surface area (Å²) in [6, 6.07) is 1.63. The zero-order valence-corrected chi connectivity index (χ0v) is 16.2. The molecule has 1 N–H and O–H groups in total. The first-order valence-electron chi connectivity index (χ1n) is 9.16. The molecule has 2 aromatic rings. The Balaban J connectivity index is 1.65. The zero-order valence-electron chi connectivity index (χ0n) is 15.3. The molecule has 0 radical (unpaired) electrons. The summed E-state index contributed by atoms with van der Waals surface area (Å²) in [6.45, 7) is 5.79. The lowest BCUT2D eigenvalue weighted by molar-refractivity contribution is 0.445. The van der Waals surface area contributed by atoms with E-state index in [1.165, 1.54) is 6.20 Å². The van der Waals surface area contributed by atoms with Crippen LogP contribution in [0.4, 0.5) is 4.39 Å². The fraction of sp³-hybridized carbons (Fsp3) is 0.579. The van der Waals surface area contributed by atoms with E-state index in [0.717, 1.165) is 49.3 Å². The number of aromatic nitrogens is 2. The Bertz CT molecular complexity index is 855. The SMILES string of the molecule is CC(C)(C)[S@](=O)N[C@H]1CCCc2oc(-c3cc(C4CC4)ncc3F)nc21. The van der Waals surface area contributed by atoms with Gasteiger partial charge in [-0.25, -0.2) is 18.3 Å². The van der Waals surface area contributed by atoms with Crippen LogP contribution in [0, 0.1) is 5.82 Å². The Morgan fingerprint density at radius 1 is 1.31 bits per heavy atom. The fourth-order valence-corrected chi connectivity index (χ4v) is 4.02. The van der Waals surface area contributed by atoms with Crippen molar-refractivity contribution >= 4 is 11.0 Å². The van der Waals surface area contributed by atoms with Crippen LogP contribution in [0.2, 0.25) is 0 Å². The Hall–Kier alpha value is -1.60. The van der Waals surface area contributed by atoms with Crippen LogP contribution in [-0.4, -0.2) is 18.9 Å². The van der Waals surface area contributed by atoms with Gasteiger partial charge in [0.15, 0.2) is 5.82 Å². The third kappa shape index (κ3) is 3.47. The van der Waals surface area contributed by atoms with Crippen LogP contribution in [-0.2, 0) is 17.4 Å². The number of fused-ring (bicyclic) bond motifs is 1. The van der Waals surface area contributed by atoms with Crippen LogP contribution in [0.5, 0.6) is 0 Å². The van der Waals surface area contributed by atoms with Gasteiger partial charge in [0.05, 0.1) is 33.5 Å². The minimum Gasteiger partial charge on any atom is -0.441 e. The summed E-state index contributed by atoms with van der Waals surface area (Å²) in [6.07, 6.45) is 6.00. The van der Waals surface area contributed by atoms with Crippen molar-refractivity contribution in [3.05, 3.63) is 35.2 Å². The average molecular weight is 377 g/mol. The summed E-state index contributed by atoms with van der Waals surface area (Å²) >= 11 is 0. The second-order valence-electron chi connectivity index (χ2n) is 8.13. The van der Waals surface area contributed by atoms with E-state index in [-0.39, 0.29) is 10.8 Å². The van der Waals surface area contributed by atoms with Crippen LogP contribution < -0.4 is 4.72 Å². The third-order valence-corrected chi connectivity index (χ3v) is 6.47. The number of nitrogens with one attached hydrogen (secondary N) is 1. The largest absolute Gasteiger partial charge is 0.441 e. The van der Waals surface area contributed by atoms with E-state index in [4.69, 9.17) is 4.42 Å². The van der Waals surface area contributed by atoms with Gasteiger partial charge in [0, 0.05) is 18.0 Å². The smallest absolute Gasteiger partial charge is 0.229 e. The van der Waals surface area contributed by atoms with Crippen molar-refractivity contribution in [2.45, 2.75) is 69.6 Å². The van der Waals surface area contributed by atoms with E-state index >= 15 is 0 Å². The molecule has 2 aliphatic carbocycles. The van der Waals surface area contributed by atoms with Crippen molar-refractivity contribution in [1.29, 1.82) is 0 Å². The number of rotatable bonds is 4. The highest BCUT2D eigenvalue weighted by Gasteiger charge is 2.32. The Kier molecular flexibility index (Phi) is 4.47. The molecule has 0 aliphatic heterocycles. The van der Waals surface area contributed by atoms with Gasteiger partial charge >= 0.3 is 0 Å². The first kappa shape index (κ1) is 17.8. The molecule has 0 spiro atoms. The number of oxazole rings is 1. The highest BCUT2D eigenvalue weighted by Crippen LogP contribution is 2.41. The van der Waals surface area contributed by atoms with Crippen LogP contribution in [0.25, 0.3) is 11.5 Å². The third-order valence-electron chi connectivity index (χ3n) is 4.86. The molecule has 2 heterocycles. The fourth-order valence-electron chi connectivity index (χ4n) is 3.18. The monoisotopic (exact) mass is 377 g/mol. The molecule has 7 heteroatoms. The standard InChI is InChI=1S/C19H24FN3O2S/c1-19(2,3)26(24)23-14-5-4-6-16-17(14)22-18(25-16)12-9-15(11-7-8-11)21-10-13(12)20/h9-11,14,23H,4-8H2,1-3H3/t14-,26-/m0/s1. The summed E-state index contributed by atoms with van der Waals surface area (Å²) in [5, 5.41) is 0. The number of hydrogen-bond acceptors (Lipinski definition) is 4. The van der Waals surface area contributed by atoms with Crippen molar-refractivity contribution in [1.82, 2.24) is 14.7 Å². The van der Waals surface area contributed by atoms with Crippen LogP contribution >= 0.6 is 0 Å². The number of aryl methyl sites for hydroxylation is 1. The van der Waals surface area contributed by atoms with Crippen LogP contribution in [0.1, 0.15) is 75.6 Å². The molecule has 26 heavy (non-hydrogen) atoms. The average Bonchev–Trinajstić information content (AvgIpc) is 3.33. The van der Waals surface area contributed by atoms with E-state index in [9.17, 15) is 8.60 Å². The number of pyridine rings is 1. The lowest BCUT2D eigenvalue weighted by Crippen LogP contribution is -2.37. The second kappa shape index (κ2) is 6.53. The van der Waals surface area contributed by atoms with E-state index in [0.29, 0.717) is 17.4 Å². The van der Waals surface area contributed by atoms with E-state index in [1.807, 2.05) is 20.8 Å². The lowest BCUT2D eigenvalue weighted by atomic mass is 9.98. The first-order chi connectivity index (χ1) is 12.3. The number of nitrogens with zero attached hydrogens (tertiary/aromatic N) is 2. The van der Waals surface area contributed by atoms with Crippen LogP contribution in [0.3, 0.4) is 0 Å². The second-order valence-corrected chi connectivity index (χ2v) is 10.1. The number of hydrogen-bond donors (Lipinski definition) is 1. The molecule has 0 aromatic carbocycles. The van der Waals surface area contributed by atoms with E-state index in [1.54, 1.807) is 6.07 Å². The zero-order chi connectivity index (χ0) is 18.5. The Morgan fingerprint density at radius 2 is 2.08 bits per heavy atom. The molecule has 2 aliphatic rings. The van der Waals surface area contributed by atoms with Crippen molar-refractivity contribution in [3.63, 3.8) is 0 Å². The van der Waals surface area contributed by atoms with Gasteiger partial charge in [-0.1, -0.05) is 0 Å². The van der Waals surface area contributed by atoms with Gasteiger partial charge in [-0.15, -0.1) is 0 Å². The van der Waals surface area contributed by atoms with E-state index in [2.05, 4.69) is 14.7 Å². The topological polar surface area (TPSA) is 68.0 Å². The van der Waals surface area contributed by atoms with Crippen molar-refractivity contribution in [3.8, 4) is 11.5 Å². The van der Waals surface area contributed by atoms with Crippen molar-refractivity contribution < 1.29 is 13.0 Å². The van der Waals surface area contributed by atoms with E-state index < -0.39 is 16.8 Å². The number of halogens is 1. The molecule has 0 saturated heterocycles. The molecule has 0 unspecified atom stereocenters. The first-order valence-corrected chi connectivity index (χ1v) is 10.3. The normalized spacial score (nSPS) is 21.5. The lowest BCUT2D eigenvalue weighted by Gasteiger charge is -2.25. The maximum absolute atomic E-state index is 14.3. The maximum atomic E-state index is 14.3. The quantitative estimate of drug-likeness (QED) is 0.868. The predicted octanol–water partition coefficient (Wildman–Crippen LogP) is 4.18. The van der Waals surface area contributed by atoms with Gasteiger partial charge in [0.25, 0.3) is 0 Å². The minimum absolute atomic E-state index is 0.135. The molecule has 1 fully saturated rings. The molecule has 1 saturated carbocycles. The highest BCUT2D eigenvalue weighted by molar-refractivity contribution is 7.84. The molecule has 5 nitrogen and oxygen atoms in total. The predicted molar refractivity (Wildman–Crippen MR) is 98.4 cm³/mol. The van der Waals surface area contributed by atoms with Gasteiger partial charge in [0.2, 0.25) is 5.89 Å². The van der Waals surface area contributed by atoms with Gasteiger partial charge in [-0.05, 0) is 52.5 Å². The maximum Gasteiger partial charge on any atom is 0.229 e. The van der Waals surface area contributed by atoms with Crippen molar-refractivity contribution in [2.75, 3.05) is 0 Å². The summed E-state index contributed by atoms with van der Waals surface area (Å²) in [4.78, 5) is 8.78. The molecule has 2 aromatic heterocycles. The summed E-state index contributed by atoms with van der Waals surface area (Å²) in [5.74, 6) is 1.07.